The molecule has 1 aromatic rings. The lowest BCUT2D eigenvalue weighted by Crippen LogP contribution is -1.78. The van der Waals surface area contributed by atoms with Gasteiger partial charge >= 0.3 is 0 Å². The summed E-state index contributed by atoms with van der Waals surface area (Å²) in [5.41, 5.74) is 2.17. The molecule has 0 aromatic heterocycles. The van der Waals surface area contributed by atoms with Gasteiger partial charge in [0.2, 0.25) is 0 Å². The van der Waals surface area contributed by atoms with Gasteiger partial charge in [0.05, 0.1) is 0 Å². The first-order chi connectivity index (χ1) is 5.22. The molecule has 0 amide bonds. The predicted octanol–water partition coefficient (Wildman–Crippen LogP) is 3.49. The van der Waals surface area contributed by atoms with Crippen LogP contribution >= 0.6 is 11.6 Å². The second-order valence-corrected chi connectivity index (χ2v) is 2.85. The third-order valence-corrected chi connectivity index (χ3v) is 1.90. The van der Waals surface area contributed by atoms with E-state index in [-0.39, 0.29) is 0 Å². The Balaban J connectivity index is 3.04. The van der Waals surface area contributed by atoms with Crippen LogP contribution in [0.2, 0.25) is 0 Å². The summed E-state index contributed by atoms with van der Waals surface area (Å²) < 4.78 is 0. The lowest BCUT2D eigenvalue weighted by molar-refractivity contribution is 1.56. The molecule has 1 radical (unpaired) electrons. The number of rotatable bonds is 1. The number of benzene rings is 1. The summed E-state index contributed by atoms with van der Waals surface area (Å²) in [7, 11) is 0. The Bertz CT molecular complexity index is 255. The Kier molecular flexibility index (Phi) is 2.72. The van der Waals surface area contributed by atoms with Gasteiger partial charge in [0.25, 0.3) is 0 Å². The maximum Gasteiger partial charge on any atom is 0.0219 e. The van der Waals surface area contributed by atoms with Gasteiger partial charge in [-0.15, -0.1) is 0 Å². The smallest absolute Gasteiger partial charge is 0.0219 e. The van der Waals surface area contributed by atoms with Gasteiger partial charge in [0, 0.05) is 5.03 Å². The first-order valence-electron chi connectivity index (χ1n) is 3.45. The van der Waals surface area contributed by atoms with Gasteiger partial charge in [-0.2, -0.15) is 0 Å². The van der Waals surface area contributed by atoms with Crippen LogP contribution in [-0.2, 0) is 0 Å². The van der Waals surface area contributed by atoms with Crippen molar-refractivity contribution < 1.29 is 0 Å². The van der Waals surface area contributed by atoms with Crippen molar-refractivity contribution in [2.24, 2.45) is 0 Å². The summed E-state index contributed by atoms with van der Waals surface area (Å²) in [6.07, 6.45) is 0. The summed E-state index contributed by atoms with van der Waals surface area (Å²) >= 11 is 5.73. The number of hydrogen-bond donors (Lipinski definition) is 0. The van der Waals surface area contributed by atoms with Crippen LogP contribution < -0.4 is 0 Å². The fraction of sp³-hybridized carbons (Fsp3) is 0.100. The van der Waals surface area contributed by atoms with Crippen LogP contribution in [0.15, 0.2) is 35.4 Å². The quantitative estimate of drug-likeness (QED) is 0.598. The molecule has 1 rings (SSSR count). The average molecular weight is 166 g/mol. The van der Waals surface area contributed by atoms with Gasteiger partial charge in [0.15, 0.2) is 0 Å². The fourth-order valence-electron chi connectivity index (χ4n) is 0.845. The Morgan fingerprint density at radius 2 is 1.82 bits per heavy atom. The van der Waals surface area contributed by atoms with Crippen molar-refractivity contribution in [1.82, 2.24) is 0 Å². The van der Waals surface area contributed by atoms with E-state index in [9.17, 15) is 0 Å². The monoisotopic (exact) mass is 165 g/mol. The van der Waals surface area contributed by atoms with E-state index in [0.717, 1.165) is 11.1 Å². The molecule has 0 aliphatic carbocycles. The van der Waals surface area contributed by atoms with Crippen LogP contribution in [0.25, 0.3) is 5.57 Å². The van der Waals surface area contributed by atoms with Crippen molar-refractivity contribution in [3.63, 3.8) is 0 Å². The van der Waals surface area contributed by atoms with Gasteiger partial charge in [-0.05, 0) is 25.0 Å². The molecule has 0 bridgehead atoms. The Hall–Kier alpha value is -0.750. The van der Waals surface area contributed by atoms with E-state index >= 15 is 0 Å². The standard InChI is InChI=1S/C10H10Cl/c1-8(9(2)11)10-6-4-3-5-7-10/h3-7H,2H2,1H3. The first kappa shape index (κ1) is 8.35. The molecule has 0 heterocycles. The molecular formula is C10H10Cl. The number of hydrogen-bond acceptors (Lipinski definition) is 0. The third-order valence-electron chi connectivity index (χ3n) is 1.61. The SMILES string of the molecule is [CH2]C(Cl)=C(C)c1ccccc1. The zero-order chi connectivity index (χ0) is 8.27. The Morgan fingerprint density at radius 1 is 1.27 bits per heavy atom. The van der Waals surface area contributed by atoms with Crippen molar-refractivity contribution >= 4 is 17.2 Å². The minimum absolute atomic E-state index is 0.608. The van der Waals surface area contributed by atoms with E-state index < -0.39 is 0 Å². The van der Waals surface area contributed by atoms with Crippen molar-refractivity contribution in [2.45, 2.75) is 6.92 Å². The number of halogens is 1. The van der Waals surface area contributed by atoms with E-state index in [2.05, 4.69) is 6.92 Å². The molecule has 0 saturated heterocycles. The summed E-state index contributed by atoms with van der Waals surface area (Å²) in [4.78, 5) is 0. The zero-order valence-electron chi connectivity index (χ0n) is 6.47. The summed E-state index contributed by atoms with van der Waals surface area (Å²) in [5.74, 6) is 0. The van der Waals surface area contributed by atoms with Gasteiger partial charge < -0.3 is 0 Å². The van der Waals surface area contributed by atoms with E-state index in [4.69, 9.17) is 11.6 Å². The van der Waals surface area contributed by atoms with Gasteiger partial charge in [-0.25, -0.2) is 0 Å². The second-order valence-electron chi connectivity index (χ2n) is 2.40. The van der Waals surface area contributed by atoms with Crippen molar-refractivity contribution in [3.8, 4) is 0 Å². The Morgan fingerprint density at radius 3 is 2.27 bits per heavy atom. The van der Waals surface area contributed by atoms with E-state index in [1.54, 1.807) is 0 Å². The normalized spacial score (nSPS) is 12.6. The third kappa shape index (κ3) is 2.09. The number of allylic oxidation sites excluding steroid dienone is 2. The van der Waals surface area contributed by atoms with Gasteiger partial charge in [0.1, 0.15) is 0 Å². The van der Waals surface area contributed by atoms with E-state index in [0.29, 0.717) is 5.03 Å². The van der Waals surface area contributed by atoms with E-state index in [1.165, 1.54) is 0 Å². The molecule has 0 nitrogen and oxygen atoms in total. The van der Waals surface area contributed by atoms with Crippen molar-refractivity contribution in [3.05, 3.63) is 47.9 Å². The highest BCUT2D eigenvalue weighted by atomic mass is 35.5. The maximum absolute atomic E-state index is 5.73. The molecule has 0 N–H and O–H groups in total. The van der Waals surface area contributed by atoms with Crippen LogP contribution in [-0.4, -0.2) is 0 Å². The molecule has 0 atom stereocenters. The molecule has 1 aromatic carbocycles. The molecular weight excluding hydrogens is 156 g/mol. The zero-order valence-corrected chi connectivity index (χ0v) is 7.23. The average Bonchev–Trinajstić information content (AvgIpc) is 2.05. The van der Waals surface area contributed by atoms with Crippen LogP contribution in [0, 0.1) is 6.92 Å². The molecule has 11 heavy (non-hydrogen) atoms. The van der Waals surface area contributed by atoms with Crippen LogP contribution in [0.3, 0.4) is 0 Å². The first-order valence-corrected chi connectivity index (χ1v) is 3.83. The lowest BCUT2D eigenvalue weighted by Gasteiger charge is -2.00. The molecule has 0 unspecified atom stereocenters. The van der Waals surface area contributed by atoms with Gasteiger partial charge in [-0.3, -0.25) is 0 Å². The topological polar surface area (TPSA) is 0 Å². The second kappa shape index (κ2) is 3.59. The molecule has 57 valence electrons. The summed E-state index contributed by atoms with van der Waals surface area (Å²) in [5, 5.41) is 0.608. The molecule has 1 heteroatoms. The van der Waals surface area contributed by atoms with Crippen molar-refractivity contribution in [1.29, 1.82) is 0 Å². The molecule has 0 fully saturated rings. The summed E-state index contributed by atoms with van der Waals surface area (Å²) in [6.45, 7) is 5.62. The van der Waals surface area contributed by atoms with Crippen LogP contribution in [0.1, 0.15) is 12.5 Å². The lowest BCUT2D eigenvalue weighted by atomic mass is 10.1. The minimum atomic E-state index is 0.608. The molecule has 0 aliphatic rings. The predicted molar refractivity (Wildman–Crippen MR) is 50.2 cm³/mol. The van der Waals surface area contributed by atoms with Crippen LogP contribution in [0.5, 0.6) is 0 Å². The highest BCUT2D eigenvalue weighted by molar-refractivity contribution is 6.33. The maximum atomic E-state index is 5.73. The van der Waals surface area contributed by atoms with E-state index in [1.807, 2.05) is 37.3 Å². The largest absolute Gasteiger partial charge is 0.0888 e. The molecule has 0 spiro atoms. The highest BCUT2D eigenvalue weighted by Gasteiger charge is 1.95. The highest BCUT2D eigenvalue weighted by Crippen LogP contribution is 2.18. The minimum Gasteiger partial charge on any atom is -0.0888 e. The molecule has 0 saturated carbocycles. The Labute approximate surface area is 72.5 Å². The fourth-order valence-corrected chi connectivity index (χ4v) is 0.954. The molecule has 0 aliphatic heterocycles. The summed E-state index contributed by atoms with van der Waals surface area (Å²) in [6, 6.07) is 9.98. The van der Waals surface area contributed by atoms with Crippen LogP contribution in [0.4, 0.5) is 0 Å². The van der Waals surface area contributed by atoms with Gasteiger partial charge in [-0.1, -0.05) is 41.9 Å². The van der Waals surface area contributed by atoms with Crippen molar-refractivity contribution in [2.75, 3.05) is 0 Å².